The van der Waals surface area contributed by atoms with Gasteiger partial charge in [0, 0.05) is 19.5 Å². The van der Waals surface area contributed by atoms with Crippen LogP contribution in [-0.2, 0) is 30.2 Å². The SMILES string of the molecule is O=[SH](=O)C(F)(F)F.[Rh]. The number of hydrogen-bond acceptors (Lipinski definition) is 2. The van der Waals surface area contributed by atoms with E-state index in [-0.39, 0.29) is 19.5 Å². The maximum Gasteiger partial charge on any atom is 0.494 e. The summed E-state index contributed by atoms with van der Waals surface area (Å²) < 4.78 is 49.6. The molecule has 0 heterocycles. The van der Waals surface area contributed by atoms with E-state index in [0.717, 1.165) is 0 Å². The fourth-order valence-corrected chi connectivity index (χ4v) is 0. The van der Waals surface area contributed by atoms with Gasteiger partial charge in [-0.1, -0.05) is 0 Å². The van der Waals surface area contributed by atoms with Crippen LogP contribution in [0.3, 0.4) is 0 Å². The van der Waals surface area contributed by atoms with Crippen LogP contribution in [0.15, 0.2) is 0 Å². The summed E-state index contributed by atoms with van der Waals surface area (Å²) in [7, 11) is -4.24. The van der Waals surface area contributed by atoms with Crippen molar-refractivity contribution < 1.29 is 41.1 Å². The number of alkyl halides is 3. The average molecular weight is 237 g/mol. The Morgan fingerprint density at radius 1 is 1.12 bits per heavy atom. The van der Waals surface area contributed by atoms with E-state index in [1.54, 1.807) is 0 Å². The largest absolute Gasteiger partial charge is 0.494 e. The Hall–Kier alpha value is 0.363. The Kier molecular flexibility index (Phi) is 4.76. The molecule has 0 atom stereocenters. The van der Waals surface area contributed by atoms with Gasteiger partial charge in [-0.05, 0) is 0 Å². The summed E-state index contributed by atoms with van der Waals surface area (Å²) in [5.74, 6) is 0. The Bertz CT molecular complexity index is 118. The van der Waals surface area contributed by atoms with Gasteiger partial charge in [0.2, 0.25) is 10.7 Å². The van der Waals surface area contributed by atoms with Gasteiger partial charge in [0.15, 0.2) is 0 Å². The van der Waals surface area contributed by atoms with E-state index in [1.165, 1.54) is 0 Å². The van der Waals surface area contributed by atoms with Crippen molar-refractivity contribution >= 4 is 10.7 Å². The van der Waals surface area contributed by atoms with E-state index in [1.807, 2.05) is 0 Å². The molecule has 0 aromatic carbocycles. The zero-order valence-electron chi connectivity index (χ0n) is 3.23. The fourth-order valence-electron chi connectivity index (χ4n) is 0. The van der Waals surface area contributed by atoms with Crippen molar-refractivity contribution in [3.8, 4) is 0 Å². The Labute approximate surface area is 57.8 Å². The molecule has 1 radical (unpaired) electrons. The van der Waals surface area contributed by atoms with E-state index in [0.29, 0.717) is 0 Å². The van der Waals surface area contributed by atoms with Gasteiger partial charge in [0.05, 0.1) is 0 Å². The summed E-state index contributed by atoms with van der Waals surface area (Å²) in [6.07, 6.45) is 0. The molecular formula is CHF3O2RhS. The second-order valence-electron chi connectivity index (χ2n) is 0.725. The molecular weight excluding hydrogens is 236 g/mol. The summed E-state index contributed by atoms with van der Waals surface area (Å²) >= 11 is 0. The molecule has 0 aliphatic heterocycles. The van der Waals surface area contributed by atoms with Crippen LogP contribution in [0.4, 0.5) is 13.2 Å². The van der Waals surface area contributed by atoms with Gasteiger partial charge in [-0.3, -0.25) is 0 Å². The van der Waals surface area contributed by atoms with Crippen molar-refractivity contribution in [1.82, 2.24) is 0 Å². The van der Waals surface area contributed by atoms with E-state index in [2.05, 4.69) is 0 Å². The number of hydrogen-bond donors (Lipinski definition) is 1. The number of halogens is 3. The Morgan fingerprint density at radius 3 is 1.25 bits per heavy atom. The molecule has 7 heteroatoms. The van der Waals surface area contributed by atoms with Crippen molar-refractivity contribution in [3.05, 3.63) is 0 Å². The monoisotopic (exact) mass is 237 g/mol. The van der Waals surface area contributed by atoms with Crippen LogP contribution in [0.1, 0.15) is 0 Å². The Balaban J connectivity index is 0. The first kappa shape index (κ1) is 11.2. The van der Waals surface area contributed by atoms with E-state index in [4.69, 9.17) is 8.42 Å². The van der Waals surface area contributed by atoms with Crippen molar-refractivity contribution in [2.24, 2.45) is 0 Å². The van der Waals surface area contributed by atoms with Crippen LogP contribution < -0.4 is 0 Å². The number of thiol groups is 1. The first-order chi connectivity index (χ1) is 2.94. The summed E-state index contributed by atoms with van der Waals surface area (Å²) in [6, 6.07) is 0. The molecule has 0 saturated heterocycles. The molecule has 0 spiro atoms. The van der Waals surface area contributed by atoms with Crippen molar-refractivity contribution in [2.45, 2.75) is 5.51 Å². The van der Waals surface area contributed by atoms with E-state index in [9.17, 15) is 13.2 Å². The molecule has 0 aliphatic rings. The summed E-state index contributed by atoms with van der Waals surface area (Å²) in [5, 5.41) is 0. The predicted octanol–water partition coefficient (Wildman–Crippen LogP) is 0.115. The summed E-state index contributed by atoms with van der Waals surface area (Å²) in [6.45, 7) is 0. The fraction of sp³-hybridized carbons (Fsp3) is 1.00. The minimum atomic E-state index is -5.05. The van der Waals surface area contributed by atoms with E-state index < -0.39 is 16.2 Å². The van der Waals surface area contributed by atoms with Crippen molar-refractivity contribution in [2.75, 3.05) is 0 Å². The zero-order valence-corrected chi connectivity index (χ0v) is 5.76. The smallest absolute Gasteiger partial charge is 0.223 e. The first-order valence-electron chi connectivity index (χ1n) is 1.16. The molecule has 0 aromatic heterocycles. The van der Waals surface area contributed by atoms with Gasteiger partial charge in [0.1, 0.15) is 0 Å². The topological polar surface area (TPSA) is 34.1 Å². The second-order valence-corrected chi connectivity index (χ2v) is 1.75. The van der Waals surface area contributed by atoms with Crippen LogP contribution in [-0.4, -0.2) is 13.9 Å². The zero-order chi connectivity index (χ0) is 6.08. The van der Waals surface area contributed by atoms with Gasteiger partial charge in [-0.25, -0.2) is 8.42 Å². The molecule has 0 bridgehead atoms. The summed E-state index contributed by atoms with van der Waals surface area (Å²) in [4.78, 5) is 0. The molecule has 0 saturated carbocycles. The molecule has 2 nitrogen and oxygen atoms in total. The van der Waals surface area contributed by atoms with Gasteiger partial charge >= 0.3 is 5.51 Å². The molecule has 8 heavy (non-hydrogen) atoms. The van der Waals surface area contributed by atoms with Crippen LogP contribution in [0, 0.1) is 0 Å². The van der Waals surface area contributed by atoms with Gasteiger partial charge in [-0.15, -0.1) is 0 Å². The first-order valence-corrected chi connectivity index (χ1v) is 2.33. The molecule has 53 valence electrons. The number of rotatable bonds is 0. The standard InChI is InChI=1S/CHF3O2S.Rh/c2-1(3,4)7(5)6;/h7H;. The van der Waals surface area contributed by atoms with Crippen LogP contribution in [0.25, 0.3) is 0 Å². The minimum absolute atomic E-state index is 0. The van der Waals surface area contributed by atoms with Crippen LogP contribution >= 0.6 is 0 Å². The normalized spacial score (nSPS) is 11.0. The van der Waals surface area contributed by atoms with Gasteiger partial charge in [0.25, 0.3) is 0 Å². The molecule has 0 rings (SSSR count). The molecule has 0 unspecified atom stereocenters. The van der Waals surface area contributed by atoms with Gasteiger partial charge in [-0.2, -0.15) is 13.2 Å². The third kappa shape index (κ3) is 4.52. The maximum atomic E-state index is 10.6. The maximum absolute atomic E-state index is 10.6. The van der Waals surface area contributed by atoms with Crippen molar-refractivity contribution in [1.29, 1.82) is 0 Å². The molecule has 0 N–H and O–H groups in total. The second kappa shape index (κ2) is 3.40. The predicted molar refractivity (Wildman–Crippen MR) is 16.4 cm³/mol. The molecule has 0 fully saturated rings. The quantitative estimate of drug-likeness (QED) is 0.479. The third-order valence-corrected chi connectivity index (χ3v) is 0.621. The summed E-state index contributed by atoms with van der Waals surface area (Å²) in [5.41, 5.74) is -5.05. The molecule has 0 amide bonds. The molecule has 0 aliphatic carbocycles. The van der Waals surface area contributed by atoms with Crippen LogP contribution in [0.2, 0.25) is 0 Å². The minimum Gasteiger partial charge on any atom is -0.223 e. The van der Waals surface area contributed by atoms with Crippen molar-refractivity contribution in [3.63, 3.8) is 0 Å². The van der Waals surface area contributed by atoms with E-state index >= 15 is 0 Å². The molecule has 0 aromatic rings. The Morgan fingerprint density at radius 2 is 1.25 bits per heavy atom. The van der Waals surface area contributed by atoms with Crippen LogP contribution in [0.5, 0.6) is 0 Å². The average Bonchev–Trinajstić information content (AvgIpc) is 1.31. The third-order valence-electron chi connectivity index (χ3n) is 0.207. The van der Waals surface area contributed by atoms with Gasteiger partial charge < -0.3 is 0 Å².